The van der Waals surface area contributed by atoms with Gasteiger partial charge >= 0.3 is 0 Å². The van der Waals surface area contributed by atoms with E-state index < -0.39 is 0 Å². The summed E-state index contributed by atoms with van der Waals surface area (Å²) in [6, 6.07) is 59.6. The Morgan fingerprint density at radius 2 is 1.10 bits per heavy atom. The van der Waals surface area contributed by atoms with E-state index in [4.69, 9.17) is 4.42 Å². The molecule has 1 heterocycles. The van der Waals surface area contributed by atoms with Gasteiger partial charge < -0.3 is 9.32 Å². The Balaban J connectivity index is 1.22. The van der Waals surface area contributed by atoms with Gasteiger partial charge in [0.15, 0.2) is 0 Å². The van der Waals surface area contributed by atoms with E-state index in [9.17, 15) is 0 Å². The van der Waals surface area contributed by atoms with Crippen molar-refractivity contribution in [2.24, 2.45) is 0 Å². The van der Waals surface area contributed by atoms with E-state index in [2.05, 4.69) is 183 Å². The molecule has 10 rings (SSSR count). The van der Waals surface area contributed by atoms with Crippen molar-refractivity contribution in [3.05, 3.63) is 175 Å². The zero-order valence-corrected chi connectivity index (χ0v) is 27.4. The van der Waals surface area contributed by atoms with Crippen LogP contribution in [0.25, 0.3) is 65.7 Å². The Bertz CT molecular complexity index is 2770. The third-order valence-corrected chi connectivity index (χ3v) is 10.6. The third kappa shape index (κ3) is 4.27. The van der Waals surface area contributed by atoms with Crippen LogP contribution in [0.4, 0.5) is 17.1 Å². The predicted molar refractivity (Wildman–Crippen MR) is 206 cm³/mol. The maximum Gasteiger partial charge on any atom is 0.136 e. The fraction of sp³-hybridized carbons (Fsp3) is 0.0638. The summed E-state index contributed by atoms with van der Waals surface area (Å²) in [6.07, 6.45) is 0. The van der Waals surface area contributed by atoms with Gasteiger partial charge in [0.2, 0.25) is 0 Å². The van der Waals surface area contributed by atoms with Crippen molar-refractivity contribution in [1.82, 2.24) is 0 Å². The molecule has 0 aliphatic heterocycles. The number of hydrogen-bond acceptors (Lipinski definition) is 2. The van der Waals surface area contributed by atoms with E-state index >= 15 is 0 Å². The molecule has 0 unspecified atom stereocenters. The molecule has 0 atom stereocenters. The average Bonchev–Trinajstić information content (AvgIpc) is 3.61. The van der Waals surface area contributed by atoms with Gasteiger partial charge in [0, 0.05) is 33.1 Å². The lowest BCUT2D eigenvalue weighted by atomic mass is 9.82. The number of fused-ring (bicyclic) bond motifs is 8. The normalized spacial score (nSPS) is 13.3. The number of benzene rings is 8. The molecule has 9 aromatic rings. The van der Waals surface area contributed by atoms with Crippen LogP contribution >= 0.6 is 0 Å². The average molecular weight is 628 g/mol. The molecule has 49 heavy (non-hydrogen) atoms. The Morgan fingerprint density at radius 1 is 0.449 bits per heavy atom. The topological polar surface area (TPSA) is 16.4 Å². The zero-order valence-electron chi connectivity index (χ0n) is 27.4. The molecule has 0 saturated carbocycles. The summed E-state index contributed by atoms with van der Waals surface area (Å²) in [5.74, 6) is 0. The van der Waals surface area contributed by atoms with Crippen LogP contribution in [0, 0.1) is 0 Å². The van der Waals surface area contributed by atoms with Crippen LogP contribution in [-0.4, -0.2) is 0 Å². The Hall–Kier alpha value is -6.12. The van der Waals surface area contributed by atoms with Crippen molar-refractivity contribution in [3.8, 4) is 22.3 Å². The summed E-state index contributed by atoms with van der Waals surface area (Å²) in [5, 5.41) is 7.13. The number of anilines is 3. The van der Waals surface area contributed by atoms with Gasteiger partial charge in [-0.3, -0.25) is 0 Å². The van der Waals surface area contributed by atoms with Gasteiger partial charge in [0.1, 0.15) is 11.2 Å². The van der Waals surface area contributed by atoms with Gasteiger partial charge in [-0.25, -0.2) is 0 Å². The summed E-state index contributed by atoms with van der Waals surface area (Å²) < 4.78 is 6.45. The Morgan fingerprint density at radius 3 is 1.96 bits per heavy atom. The van der Waals surface area contributed by atoms with Crippen LogP contribution in [0.2, 0.25) is 0 Å². The second-order valence-corrected chi connectivity index (χ2v) is 13.8. The minimum Gasteiger partial charge on any atom is -0.456 e. The summed E-state index contributed by atoms with van der Waals surface area (Å²) in [7, 11) is 0. The van der Waals surface area contributed by atoms with E-state index in [1.165, 1.54) is 60.6 Å². The SMILES string of the molecule is CC1(C)c2ccccc2-c2c(N(c3cccc(-c4ccc5ccccc5c4)c3)c3ccc4oc5cc6ccccc6cc5c4c3)cccc21. The zero-order chi connectivity index (χ0) is 32.7. The van der Waals surface area contributed by atoms with Gasteiger partial charge in [0.05, 0.1) is 5.69 Å². The van der Waals surface area contributed by atoms with Crippen LogP contribution < -0.4 is 4.90 Å². The number of nitrogens with zero attached hydrogens (tertiary/aromatic N) is 1. The molecule has 0 fully saturated rings. The van der Waals surface area contributed by atoms with Crippen molar-refractivity contribution in [2.45, 2.75) is 19.3 Å². The molecular formula is C47H33NO. The molecule has 2 nitrogen and oxygen atoms in total. The van der Waals surface area contributed by atoms with E-state index in [0.717, 1.165) is 33.3 Å². The molecule has 0 spiro atoms. The molecule has 0 radical (unpaired) electrons. The van der Waals surface area contributed by atoms with Crippen LogP contribution in [0.1, 0.15) is 25.0 Å². The first-order valence-electron chi connectivity index (χ1n) is 17.0. The Labute approximate surface area is 285 Å². The lowest BCUT2D eigenvalue weighted by molar-refractivity contribution is 0.660. The second kappa shape index (κ2) is 10.4. The maximum absolute atomic E-state index is 6.45. The predicted octanol–water partition coefficient (Wildman–Crippen LogP) is 13.3. The van der Waals surface area contributed by atoms with Crippen molar-refractivity contribution in [3.63, 3.8) is 0 Å². The Kier molecular flexibility index (Phi) is 5.95. The summed E-state index contributed by atoms with van der Waals surface area (Å²) in [5.41, 5.74) is 12.8. The maximum atomic E-state index is 6.45. The van der Waals surface area contributed by atoms with Gasteiger partial charge in [0.25, 0.3) is 0 Å². The fourth-order valence-corrected chi connectivity index (χ4v) is 8.13. The van der Waals surface area contributed by atoms with Crippen LogP contribution in [0.3, 0.4) is 0 Å². The molecule has 8 aromatic carbocycles. The van der Waals surface area contributed by atoms with E-state index in [0.29, 0.717) is 0 Å². The van der Waals surface area contributed by atoms with E-state index in [1.807, 2.05) is 0 Å². The van der Waals surface area contributed by atoms with E-state index in [-0.39, 0.29) is 5.41 Å². The first kappa shape index (κ1) is 27.9. The number of rotatable bonds is 4. The lowest BCUT2D eigenvalue weighted by Gasteiger charge is -2.29. The second-order valence-electron chi connectivity index (χ2n) is 13.8. The van der Waals surface area contributed by atoms with Crippen LogP contribution in [0.5, 0.6) is 0 Å². The minimum absolute atomic E-state index is 0.105. The highest BCUT2D eigenvalue weighted by molar-refractivity contribution is 6.11. The fourth-order valence-electron chi connectivity index (χ4n) is 8.13. The third-order valence-electron chi connectivity index (χ3n) is 10.6. The minimum atomic E-state index is -0.105. The van der Waals surface area contributed by atoms with Gasteiger partial charge in [-0.05, 0) is 104 Å². The summed E-state index contributed by atoms with van der Waals surface area (Å²) in [4.78, 5) is 2.45. The molecular weight excluding hydrogens is 595 g/mol. The van der Waals surface area contributed by atoms with Crippen molar-refractivity contribution in [1.29, 1.82) is 0 Å². The highest BCUT2D eigenvalue weighted by Gasteiger charge is 2.37. The van der Waals surface area contributed by atoms with Crippen LogP contribution in [-0.2, 0) is 5.41 Å². The van der Waals surface area contributed by atoms with Gasteiger partial charge in [-0.1, -0.05) is 123 Å². The highest BCUT2D eigenvalue weighted by atomic mass is 16.3. The number of furan rings is 1. The summed E-state index contributed by atoms with van der Waals surface area (Å²) >= 11 is 0. The van der Waals surface area contributed by atoms with Crippen molar-refractivity contribution >= 4 is 60.5 Å². The molecule has 0 N–H and O–H groups in total. The smallest absolute Gasteiger partial charge is 0.136 e. The molecule has 1 aliphatic carbocycles. The van der Waals surface area contributed by atoms with Crippen molar-refractivity contribution < 1.29 is 4.42 Å². The molecule has 0 bridgehead atoms. The monoisotopic (exact) mass is 627 g/mol. The standard InChI is InChI=1S/C47H33NO/c1-47(2)41-18-8-7-17-38(41)46-42(47)19-10-20-43(46)48(36-16-9-15-32(26-36)35-22-21-30-11-3-4-12-31(30)25-35)37-23-24-44-40(29-37)39-27-33-13-5-6-14-34(33)28-45(39)49-44/h3-29H,1-2H3. The van der Waals surface area contributed by atoms with E-state index in [1.54, 1.807) is 0 Å². The quantitative estimate of drug-likeness (QED) is 0.193. The molecule has 2 heteroatoms. The molecule has 1 aromatic heterocycles. The van der Waals surface area contributed by atoms with Gasteiger partial charge in [-0.2, -0.15) is 0 Å². The van der Waals surface area contributed by atoms with Crippen LogP contribution in [0.15, 0.2) is 168 Å². The lowest BCUT2D eigenvalue weighted by Crippen LogP contribution is -2.16. The number of hydrogen-bond donors (Lipinski definition) is 0. The molecule has 232 valence electrons. The molecule has 1 aliphatic rings. The first-order valence-corrected chi connectivity index (χ1v) is 17.0. The highest BCUT2D eigenvalue weighted by Crippen LogP contribution is 2.54. The van der Waals surface area contributed by atoms with Crippen molar-refractivity contribution in [2.75, 3.05) is 4.90 Å². The summed E-state index contributed by atoms with van der Waals surface area (Å²) in [6.45, 7) is 4.69. The molecule has 0 amide bonds. The molecule has 0 saturated heterocycles. The van der Waals surface area contributed by atoms with Gasteiger partial charge in [-0.15, -0.1) is 0 Å². The largest absolute Gasteiger partial charge is 0.456 e. The first-order chi connectivity index (χ1) is 24.0.